The number of hydrogen-bond acceptors (Lipinski definition) is 5. The Labute approximate surface area is 462 Å². The number of carbonyl (C=O) groups excluding carboxylic acids is 2. The first-order valence-corrected chi connectivity index (χ1v) is 33.3. The van der Waals surface area contributed by atoms with E-state index in [9.17, 15) is 19.8 Å². The highest BCUT2D eigenvalue weighted by molar-refractivity contribution is 5.76. The second-order valence-corrected chi connectivity index (χ2v) is 22.8. The highest BCUT2D eigenvalue weighted by Gasteiger charge is 2.18. The molecule has 0 aromatic rings. The van der Waals surface area contributed by atoms with E-state index in [0.717, 1.165) is 51.4 Å². The van der Waals surface area contributed by atoms with Crippen LogP contribution in [0.15, 0.2) is 36.5 Å². The van der Waals surface area contributed by atoms with Gasteiger partial charge in [0.1, 0.15) is 0 Å². The summed E-state index contributed by atoms with van der Waals surface area (Å²) < 4.78 is 5.44. The smallest absolute Gasteiger partial charge is 0.305 e. The van der Waals surface area contributed by atoms with Crippen molar-refractivity contribution in [2.24, 2.45) is 0 Å². The number of allylic oxidation sites excluding steroid dienone is 4. The van der Waals surface area contributed by atoms with Gasteiger partial charge in [-0.15, -0.1) is 0 Å². The van der Waals surface area contributed by atoms with Crippen molar-refractivity contribution in [3.05, 3.63) is 36.5 Å². The summed E-state index contributed by atoms with van der Waals surface area (Å²) in [7, 11) is 0. The molecule has 0 saturated heterocycles. The van der Waals surface area contributed by atoms with Gasteiger partial charge in [-0.25, -0.2) is 0 Å². The molecule has 0 rings (SSSR count). The first-order chi connectivity index (χ1) is 36.5. The summed E-state index contributed by atoms with van der Waals surface area (Å²) in [6.07, 6.45) is 80.7. The maximum Gasteiger partial charge on any atom is 0.305 e. The van der Waals surface area contributed by atoms with Gasteiger partial charge in [-0.05, 0) is 51.4 Å². The number of hydrogen-bond donors (Lipinski definition) is 3. The molecule has 1 amide bonds. The minimum absolute atomic E-state index is 0.0307. The molecule has 0 aliphatic rings. The third-order valence-corrected chi connectivity index (χ3v) is 15.4. The number of esters is 1. The molecule has 6 heteroatoms. The Hall–Kier alpha value is -1.92. The summed E-state index contributed by atoms with van der Waals surface area (Å²) in [6, 6.07) is -0.632. The number of nitrogens with one attached hydrogen (secondary N) is 1. The fraction of sp³-hybridized carbons (Fsp3) is 0.882. The molecule has 0 bridgehead atoms. The Balaban J connectivity index is 3.45. The van der Waals surface area contributed by atoms with Crippen molar-refractivity contribution in [1.82, 2.24) is 5.32 Å². The van der Waals surface area contributed by atoms with Gasteiger partial charge in [0.2, 0.25) is 5.91 Å². The van der Waals surface area contributed by atoms with Gasteiger partial charge in [0.05, 0.1) is 25.4 Å². The van der Waals surface area contributed by atoms with E-state index in [-0.39, 0.29) is 18.5 Å². The van der Waals surface area contributed by atoms with E-state index in [1.54, 1.807) is 6.08 Å². The van der Waals surface area contributed by atoms with Gasteiger partial charge in [-0.3, -0.25) is 9.59 Å². The molecule has 0 saturated carbocycles. The van der Waals surface area contributed by atoms with Crippen LogP contribution < -0.4 is 5.32 Å². The number of carbonyl (C=O) groups is 2. The molecular weight excluding hydrogens is 911 g/mol. The SMILES string of the molecule is CCCCCCCCCCCCCCCCC/C=C/C(O)C(CO)NC(=O)CCCCCCCCCCCCCCCC/C=C\C/C=C\CCOC(=O)CCCCCCCCCCCCCCCCCCCCC. The van der Waals surface area contributed by atoms with Gasteiger partial charge < -0.3 is 20.3 Å². The normalized spacial score (nSPS) is 12.8. The molecule has 3 N–H and O–H groups in total. The average molecular weight is 1040 g/mol. The Kier molecular flexibility index (Phi) is 62.0. The number of rotatable bonds is 62. The third kappa shape index (κ3) is 59.3. The summed E-state index contributed by atoms with van der Waals surface area (Å²) >= 11 is 0. The van der Waals surface area contributed by atoms with E-state index in [1.165, 1.54) is 283 Å². The van der Waals surface area contributed by atoms with Crippen molar-refractivity contribution in [3.8, 4) is 0 Å². The van der Waals surface area contributed by atoms with Crippen molar-refractivity contribution in [1.29, 1.82) is 0 Å². The Morgan fingerprint density at radius 2 is 0.676 bits per heavy atom. The quantitative estimate of drug-likeness (QED) is 0.0320. The molecule has 0 aromatic carbocycles. The zero-order valence-electron chi connectivity index (χ0n) is 49.8. The van der Waals surface area contributed by atoms with Crippen molar-refractivity contribution in [2.75, 3.05) is 13.2 Å². The van der Waals surface area contributed by atoms with Gasteiger partial charge >= 0.3 is 5.97 Å². The third-order valence-electron chi connectivity index (χ3n) is 15.4. The summed E-state index contributed by atoms with van der Waals surface area (Å²) in [5.41, 5.74) is 0. The average Bonchev–Trinajstić information content (AvgIpc) is 3.40. The Bertz CT molecular complexity index is 1200. The second-order valence-electron chi connectivity index (χ2n) is 22.8. The lowest BCUT2D eigenvalue weighted by molar-refractivity contribution is -0.143. The second kappa shape index (κ2) is 63.6. The summed E-state index contributed by atoms with van der Waals surface area (Å²) in [6.45, 7) is 4.83. The standard InChI is InChI=1S/C68H129NO5/c1-3-5-7-9-11-13-15-17-19-21-25-30-34-38-42-46-50-54-58-62-68(73)74-63-59-55-51-47-43-39-35-31-27-24-22-23-26-29-33-37-41-45-49-53-57-61-67(72)69-65(64-70)66(71)60-56-52-48-44-40-36-32-28-20-18-16-14-12-10-8-6-4-2/h39,43,51,55-56,60,65-66,70-71H,3-38,40-42,44-50,52-54,57-59,61-64H2,1-2H3,(H,69,72)/b43-39-,55-51-,60-56+. The number of aliphatic hydroxyl groups excluding tert-OH is 2. The molecule has 0 radical (unpaired) electrons. The molecule has 74 heavy (non-hydrogen) atoms. The number of amides is 1. The molecule has 436 valence electrons. The van der Waals surface area contributed by atoms with E-state index >= 15 is 0 Å². The highest BCUT2D eigenvalue weighted by atomic mass is 16.5. The van der Waals surface area contributed by atoms with Crippen molar-refractivity contribution >= 4 is 11.9 Å². The van der Waals surface area contributed by atoms with E-state index in [4.69, 9.17) is 4.74 Å². The zero-order valence-corrected chi connectivity index (χ0v) is 49.8. The van der Waals surface area contributed by atoms with Crippen molar-refractivity contribution < 1.29 is 24.5 Å². The Morgan fingerprint density at radius 3 is 1.03 bits per heavy atom. The van der Waals surface area contributed by atoms with Crippen LogP contribution in [0.25, 0.3) is 0 Å². The van der Waals surface area contributed by atoms with Crippen molar-refractivity contribution in [3.63, 3.8) is 0 Å². The monoisotopic (exact) mass is 1040 g/mol. The van der Waals surface area contributed by atoms with Crippen LogP contribution in [0, 0.1) is 0 Å². The minimum Gasteiger partial charge on any atom is -0.465 e. The van der Waals surface area contributed by atoms with Crippen LogP contribution >= 0.6 is 0 Å². The lowest BCUT2D eigenvalue weighted by Crippen LogP contribution is -2.45. The summed E-state index contributed by atoms with van der Waals surface area (Å²) in [4.78, 5) is 24.6. The number of ether oxygens (including phenoxy) is 1. The lowest BCUT2D eigenvalue weighted by Gasteiger charge is -2.20. The van der Waals surface area contributed by atoms with Crippen molar-refractivity contribution in [2.45, 2.75) is 373 Å². The van der Waals surface area contributed by atoms with E-state index in [0.29, 0.717) is 19.4 Å². The minimum atomic E-state index is -0.848. The fourth-order valence-electron chi connectivity index (χ4n) is 10.4. The lowest BCUT2D eigenvalue weighted by atomic mass is 10.0. The molecule has 0 heterocycles. The number of aliphatic hydroxyl groups is 2. The van der Waals surface area contributed by atoms with Crippen LogP contribution in [-0.4, -0.2) is 47.4 Å². The highest BCUT2D eigenvalue weighted by Crippen LogP contribution is 2.18. The molecule has 2 atom stereocenters. The molecule has 0 fully saturated rings. The predicted molar refractivity (Wildman–Crippen MR) is 324 cm³/mol. The molecule has 0 aromatic heterocycles. The largest absolute Gasteiger partial charge is 0.465 e. The maximum absolute atomic E-state index is 12.5. The van der Waals surface area contributed by atoms with Crippen LogP contribution in [-0.2, 0) is 14.3 Å². The van der Waals surface area contributed by atoms with Crippen LogP contribution in [0.5, 0.6) is 0 Å². The van der Waals surface area contributed by atoms with Gasteiger partial charge in [-0.1, -0.05) is 333 Å². The van der Waals surface area contributed by atoms with E-state index in [2.05, 4.69) is 43.5 Å². The van der Waals surface area contributed by atoms with Gasteiger partial charge in [0, 0.05) is 12.8 Å². The van der Waals surface area contributed by atoms with Crippen LogP contribution in [0.3, 0.4) is 0 Å². The number of unbranched alkanes of at least 4 members (excludes halogenated alkanes) is 47. The van der Waals surface area contributed by atoms with Crippen LogP contribution in [0.2, 0.25) is 0 Å². The molecule has 6 nitrogen and oxygen atoms in total. The van der Waals surface area contributed by atoms with Crippen LogP contribution in [0.4, 0.5) is 0 Å². The Morgan fingerprint density at radius 1 is 0.378 bits per heavy atom. The van der Waals surface area contributed by atoms with E-state index in [1.807, 2.05) is 6.08 Å². The molecule has 0 aliphatic heterocycles. The summed E-state index contributed by atoms with van der Waals surface area (Å²) in [5, 5.41) is 23.2. The summed E-state index contributed by atoms with van der Waals surface area (Å²) in [5.74, 6) is -0.101. The van der Waals surface area contributed by atoms with Gasteiger partial charge in [0.15, 0.2) is 0 Å². The predicted octanol–water partition coefficient (Wildman–Crippen LogP) is 21.1. The maximum atomic E-state index is 12.5. The molecule has 0 aliphatic carbocycles. The van der Waals surface area contributed by atoms with Gasteiger partial charge in [-0.2, -0.15) is 0 Å². The molecular formula is C68H129NO5. The first-order valence-electron chi connectivity index (χ1n) is 33.3. The topological polar surface area (TPSA) is 95.9 Å². The van der Waals surface area contributed by atoms with E-state index < -0.39 is 12.1 Å². The van der Waals surface area contributed by atoms with Gasteiger partial charge in [0.25, 0.3) is 0 Å². The first kappa shape index (κ1) is 72.1. The zero-order chi connectivity index (χ0) is 53.6. The fourth-order valence-corrected chi connectivity index (χ4v) is 10.4. The molecule has 0 spiro atoms. The van der Waals surface area contributed by atoms with Crippen LogP contribution in [0.1, 0.15) is 361 Å². The molecule has 2 unspecified atom stereocenters.